The maximum Gasteiger partial charge on any atom is 0.254 e. The number of nitrogens with one attached hydrogen (secondary N) is 2. The van der Waals surface area contributed by atoms with Crippen molar-refractivity contribution in [2.45, 2.75) is 50.9 Å². The number of aromatic nitrogens is 2. The van der Waals surface area contributed by atoms with E-state index in [2.05, 4.69) is 20.6 Å². The average Bonchev–Trinajstić information content (AvgIpc) is 3.30. The fraction of sp³-hybridized carbons (Fsp3) is 0.400. The molecular weight excluding hydrogens is 565 g/mol. The van der Waals surface area contributed by atoms with Crippen LogP contribution in [0.3, 0.4) is 0 Å². The molecule has 0 bridgehead atoms. The van der Waals surface area contributed by atoms with Crippen LogP contribution < -0.4 is 15.4 Å². The molecule has 0 radical (unpaired) electrons. The normalized spacial score (nSPS) is 16.6. The highest BCUT2D eigenvalue weighted by molar-refractivity contribution is 6.33. The van der Waals surface area contributed by atoms with E-state index in [9.17, 15) is 19.1 Å². The number of aliphatic hydroxyl groups excluding tert-OH is 1. The Morgan fingerprint density at radius 1 is 1.26 bits per heavy atom. The molecule has 222 valence electrons. The van der Waals surface area contributed by atoms with Crippen LogP contribution in [0.2, 0.25) is 5.02 Å². The van der Waals surface area contributed by atoms with Gasteiger partial charge in [-0.15, -0.1) is 0 Å². The van der Waals surface area contributed by atoms with Gasteiger partial charge in [-0.1, -0.05) is 30.7 Å². The van der Waals surface area contributed by atoms with Gasteiger partial charge in [0.2, 0.25) is 11.9 Å². The molecule has 3 heterocycles. The largest absolute Gasteiger partial charge is 0.497 e. The molecule has 2 atom stereocenters. The van der Waals surface area contributed by atoms with Gasteiger partial charge in [0.15, 0.2) is 0 Å². The summed E-state index contributed by atoms with van der Waals surface area (Å²) >= 11 is 6.45. The van der Waals surface area contributed by atoms with Crippen molar-refractivity contribution in [3.05, 3.63) is 70.1 Å². The molecular formula is C30H33ClFN5O5. The minimum absolute atomic E-state index is 0.204. The fourth-order valence-corrected chi connectivity index (χ4v) is 5.41. The lowest BCUT2D eigenvalue weighted by atomic mass is 9.99. The van der Waals surface area contributed by atoms with Gasteiger partial charge in [0.25, 0.3) is 5.91 Å². The lowest BCUT2D eigenvalue weighted by Gasteiger charge is -2.25. The van der Waals surface area contributed by atoms with Crippen LogP contribution in [0.15, 0.2) is 42.6 Å². The van der Waals surface area contributed by atoms with E-state index < -0.39 is 23.9 Å². The second-order valence-electron chi connectivity index (χ2n) is 10.4. The van der Waals surface area contributed by atoms with Gasteiger partial charge in [-0.05, 0) is 48.6 Å². The van der Waals surface area contributed by atoms with E-state index in [0.29, 0.717) is 53.0 Å². The van der Waals surface area contributed by atoms with Crippen LogP contribution in [0.1, 0.15) is 53.7 Å². The molecule has 3 aromatic rings. The Labute approximate surface area is 248 Å². The first-order valence-corrected chi connectivity index (χ1v) is 14.2. The Hall–Kier alpha value is -3.80. The first-order valence-electron chi connectivity index (χ1n) is 13.9. The summed E-state index contributed by atoms with van der Waals surface area (Å²) in [6.45, 7) is 3.12. The van der Waals surface area contributed by atoms with E-state index in [1.807, 2.05) is 12.1 Å². The van der Waals surface area contributed by atoms with Crippen molar-refractivity contribution >= 4 is 29.4 Å². The van der Waals surface area contributed by atoms with E-state index in [1.165, 1.54) is 30.3 Å². The zero-order valence-corrected chi connectivity index (χ0v) is 24.2. The molecule has 10 nitrogen and oxygen atoms in total. The quantitative estimate of drug-likeness (QED) is 0.319. The van der Waals surface area contributed by atoms with Crippen LogP contribution in [0, 0.1) is 5.82 Å². The van der Waals surface area contributed by atoms with Crippen molar-refractivity contribution in [2.24, 2.45) is 0 Å². The third-order valence-corrected chi connectivity index (χ3v) is 7.78. The van der Waals surface area contributed by atoms with Crippen molar-refractivity contribution in [1.29, 1.82) is 0 Å². The number of amides is 2. The highest BCUT2D eigenvalue weighted by Gasteiger charge is 2.31. The number of ether oxygens (including phenoxy) is 2. The first-order chi connectivity index (χ1) is 20.2. The second kappa shape index (κ2) is 13.0. The van der Waals surface area contributed by atoms with Gasteiger partial charge < -0.3 is 30.1 Å². The number of fused-ring (bicyclic) bond motifs is 1. The topological polar surface area (TPSA) is 126 Å². The van der Waals surface area contributed by atoms with Crippen LogP contribution in [0.5, 0.6) is 5.75 Å². The number of carbonyl (C=O) groups excluding carboxylic acids is 2. The zero-order valence-electron chi connectivity index (χ0n) is 23.4. The van der Waals surface area contributed by atoms with E-state index in [1.54, 1.807) is 19.1 Å². The van der Waals surface area contributed by atoms with Gasteiger partial charge in [-0.2, -0.15) is 0 Å². The van der Waals surface area contributed by atoms with Crippen molar-refractivity contribution < 1.29 is 28.6 Å². The van der Waals surface area contributed by atoms with Crippen LogP contribution in [0.25, 0.3) is 11.3 Å². The van der Waals surface area contributed by atoms with Crippen molar-refractivity contribution in [3.8, 4) is 17.0 Å². The number of nitrogens with zero attached hydrogens (tertiary/aromatic N) is 3. The number of rotatable bonds is 10. The third kappa shape index (κ3) is 6.64. The molecule has 0 saturated carbocycles. The summed E-state index contributed by atoms with van der Waals surface area (Å²) < 4.78 is 24.7. The van der Waals surface area contributed by atoms with Crippen LogP contribution in [-0.4, -0.2) is 70.8 Å². The van der Waals surface area contributed by atoms with Crippen LogP contribution >= 0.6 is 11.6 Å². The van der Waals surface area contributed by atoms with E-state index in [-0.39, 0.29) is 30.8 Å². The number of halogens is 2. The first kappa shape index (κ1) is 29.7. The highest BCUT2D eigenvalue weighted by atomic mass is 35.5. The van der Waals surface area contributed by atoms with Gasteiger partial charge in [0.1, 0.15) is 18.1 Å². The number of carbonyl (C=O) groups is 2. The molecule has 1 saturated heterocycles. The molecule has 1 fully saturated rings. The molecule has 2 amide bonds. The van der Waals surface area contributed by atoms with Gasteiger partial charge in [0, 0.05) is 43.0 Å². The summed E-state index contributed by atoms with van der Waals surface area (Å²) in [5, 5.41) is 17.1. The van der Waals surface area contributed by atoms with E-state index in [4.69, 9.17) is 21.1 Å². The van der Waals surface area contributed by atoms with E-state index in [0.717, 1.165) is 18.4 Å². The summed E-state index contributed by atoms with van der Waals surface area (Å²) in [6, 6.07) is 8.73. The Bertz CT molecular complexity index is 1470. The summed E-state index contributed by atoms with van der Waals surface area (Å²) in [7, 11) is 1.41. The standard InChI is InChI=1S/C30H33ClFN5O5/c1-3-25(38)28(19-10-20(32)13-22(11-19)41-2)35-26(39)16-37-15-18-5-4-17(12-23(18)29(37)40)27-24(31)14-33-30(36-27)34-21-6-8-42-9-7-21/h4-5,10-14,21,25,28,38H,3,6-9,15-16H2,1-2H3,(H,35,39)(H,33,34,36)/t25-,28-/m0/s1. The summed E-state index contributed by atoms with van der Waals surface area (Å²) in [6.07, 6.45) is 2.59. The minimum Gasteiger partial charge on any atom is -0.497 e. The Morgan fingerprint density at radius 2 is 2.05 bits per heavy atom. The molecule has 0 unspecified atom stereocenters. The number of aliphatic hydroxyl groups is 1. The minimum atomic E-state index is -0.974. The number of anilines is 1. The van der Waals surface area contributed by atoms with Gasteiger partial charge in [-0.3, -0.25) is 9.59 Å². The Morgan fingerprint density at radius 3 is 2.79 bits per heavy atom. The van der Waals surface area contributed by atoms with Gasteiger partial charge >= 0.3 is 0 Å². The van der Waals surface area contributed by atoms with Crippen molar-refractivity contribution in [3.63, 3.8) is 0 Å². The second-order valence-corrected chi connectivity index (χ2v) is 10.8. The summed E-state index contributed by atoms with van der Waals surface area (Å²) in [5.74, 6) is -0.634. The molecule has 0 spiro atoms. The maximum atomic E-state index is 14.2. The molecule has 5 rings (SSSR count). The Kier molecular flexibility index (Phi) is 9.20. The molecule has 0 aliphatic carbocycles. The third-order valence-electron chi connectivity index (χ3n) is 7.50. The molecule has 2 aliphatic heterocycles. The maximum absolute atomic E-state index is 14.2. The molecule has 2 aromatic carbocycles. The van der Waals surface area contributed by atoms with E-state index >= 15 is 0 Å². The molecule has 42 heavy (non-hydrogen) atoms. The average molecular weight is 598 g/mol. The van der Waals surface area contributed by atoms with Gasteiger partial charge in [-0.25, -0.2) is 14.4 Å². The summed E-state index contributed by atoms with van der Waals surface area (Å²) in [5.41, 5.74) is 2.73. The number of hydrogen-bond donors (Lipinski definition) is 3. The highest BCUT2D eigenvalue weighted by Crippen LogP contribution is 2.32. The SMILES string of the molecule is CC[C@H](O)[C@@H](NC(=O)CN1Cc2ccc(-c3nc(NC4CCOCC4)ncc3Cl)cc2C1=O)c1cc(F)cc(OC)c1. The predicted molar refractivity (Wildman–Crippen MR) is 155 cm³/mol. The monoisotopic (exact) mass is 597 g/mol. The number of methoxy groups -OCH3 is 1. The lowest BCUT2D eigenvalue weighted by molar-refractivity contribution is -0.123. The van der Waals surface area contributed by atoms with Crippen molar-refractivity contribution in [2.75, 3.05) is 32.2 Å². The van der Waals surface area contributed by atoms with Crippen LogP contribution in [0.4, 0.5) is 10.3 Å². The molecule has 3 N–H and O–H groups in total. The van der Waals surface area contributed by atoms with Crippen LogP contribution in [-0.2, 0) is 16.1 Å². The van der Waals surface area contributed by atoms with Gasteiger partial charge in [0.05, 0.1) is 36.2 Å². The molecule has 2 aliphatic rings. The summed E-state index contributed by atoms with van der Waals surface area (Å²) in [4.78, 5) is 36.8. The molecule has 1 aromatic heterocycles. The number of hydrogen-bond acceptors (Lipinski definition) is 8. The Balaban J connectivity index is 1.29. The predicted octanol–water partition coefficient (Wildman–Crippen LogP) is 4.12. The van der Waals surface area contributed by atoms with Crippen molar-refractivity contribution in [1.82, 2.24) is 20.2 Å². The smallest absolute Gasteiger partial charge is 0.254 e. The lowest BCUT2D eigenvalue weighted by Crippen LogP contribution is -2.42. The number of benzene rings is 2. The fourth-order valence-electron chi connectivity index (χ4n) is 5.21. The zero-order chi connectivity index (χ0) is 29.8. The molecule has 12 heteroatoms.